The second kappa shape index (κ2) is 1.50. The zero-order valence-electron chi connectivity index (χ0n) is 5.38. The number of rotatable bonds is 0. The van der Waals surface area contributed by atoms with Crippen LogP contribution >= 0.6 is 0 Å². The van der Waals surface area contributed by atoms with Crippen LogP contribution in [-0.2, 0) is 0 Å². The third-order valence-corrected chi connectivity index (χ3v) is 1.33. The quantitative estimate of drug-likeness (QED) is 0.523. The van der Waals surface area contributed by atoms with E-state index in [0.29, 0.717) is 5.65 Å². The van der Waals surface area contributed by atoms with E-state index in [2.05, 4.69) is 15.3 Å². The molecule has 0 aliphatic carbocycles. The molecule has 0 bridgehead atoms. The number of aryl methyl sites for hydroxylation is 1. The van der Waals surface area contributed by atoms with Crippen LogP contribution in [0.2, 0.25) is 0 Å². The fourth-order valence-corrected chi connectivity index (χ4v) is 0.916. The van der Waals surface area contributed by atoms with E-state index in [1.54, 1.807) is 6.07 Å². The van der Waals surface area contributed by atoms with Gasteiger partial charge < -0.3 is 0 Å². The lowest BCUT2D eigenvalue weighted by Gasteiger charge is -1.76. The maximum atomic E-state index is 10.8. The molecule has 0 radical (unpaired) electrons. The first kappa shape index (κ1) is 5.28. The molecule has 0 amide bonds. The van der Waals surface area contributed by atoms with Crippen molar-refractivity contribution in [3.63, 3.8) is 0 Å². The van der Waals surface area contributed by atoms with Gasteiger partial charge in [0.1, 0.15) is 0 Å². The van der Waals surface area contributed by atoms with Crippen LogP contribution in [0.25, 0.3) is 5.65 Å². The molecule has 2 N–H and O–H groups in total. The molecular weight excluding hydrogens is 132 g/mol. The summed E-state index contributed by atoms with van der Waals surface area (Å²) in [6.07, 6.45) is 0. The molecule has 2 aromatic rings. The molecular formula is C5H6N4O. The van der Waals surface area contributed by atoms with Crippen molar-refractivity contribution in [2.24, 2.45) is 0 Å². The highest BCUT2D eigenvalue weighted by Crippen LogP contribution is 1.95. The molecule has 2 rings (SSSR count). The second-order valence-electron chi connectivity index (χ2n) is 2.16. The van der Waals surface area contributed by atoms with Gasteiger partial charge in [-0.1, -0.05) is 0 Å². The van der Waals surface area contributed by atoms with E-state index < -0.39 is 0 Å². The molecule has 52 valence electrons. The summed E-state index contributed by atoms with van der Waals surface area (Å²) >= 11 is 0. The molecule has 0 fully saturated rings. The predicted molar refractivity (Wildman–Crippen MR) is 34.9 cm³/mol. The zero-order chi connectivity index (χ0) is 7.14. The molecule has 0 saturated heterocycles. The van der Waals surface area contributed by atoms with E-state index in [-0.39, 0.29) is 5.69 Å². The Morgan fingerprint density at radius 2 is 2.50 bits per heavy atom. The van der Waals surface area contributed by atoms with Gasteiger partial charge in [-0.2, -0.15) is 9.61 Å². The lowest BCUT2D eigenvalue weighted by atomic mass is 10.5. The third kappa shape index (κ3) is 0.513. The van der Waals surface area contributed by atoms with Crippen LogP contribution in [0.5, 0.6) is 0 Å². The molecule has 0 saturated carbocycles. The maximum Gasteiger partial charge on any atom is 0.362 e. The lowest BCUT2D eigenvalue weighted by molar-refractivity contribution is 0.880. The molecule has 0 atom stereocenters. The number of aromatic nitrogens is 4. The second-order valence-corrected chi connectivity index (χ2v) is 2.16. The van der Waals surface area contributed by atoms with Gasteiger partial charge in [0, 0.05) is 11.8 Å². The Hall–Kier alpha value is -1.52. The summed E-state index contributed by atoms with van der Waals surface area (Å²) in [4.78, 5) is 10.8. The number of nitrogens with zero attached hydrogens (tertiary/aromatic N) is 2. The monoisotopic (exact) mass is 138 g/mol. The number of hydrogen-bond donors (Lipinski definition) is 2. The molecule has 0 unspecified atom stereocenters. The molecule has 2 aromatic heterocycles. The van der Waals surface area contributed by atoms with E-state index in [4.69, 9.17) is 0 Å². The van der Waals surface area contributed by atoms with Gasteiger partial charge in [0.25, 0.3) is 0 Å². The zero-order valence-corrected chi connectivity index (χ0v) is 5.38. The Bertz CT molecular complexity index is 406. The van der Waals surface area contributed by atoms with E-state index >= 15 is 0 Å². The van der Waals surface area contributed by atoms with Crippen LogP contribution in [0.1, 0.15) is 5.69 Å². The highest BCUT2D eigenvalue weighted by molar-refractivity contribution is 5.36. The van der Waals surface area contributed by atoms with Crippen LogP contribution in [0.4, 0.5) is 0 Å². The van der Waals surface area contributed by atoms with Crippen LogP contribution < -0.4 is 5.69 Å². The molecule has 0 spiro atoms. The first-order chi connectivity index (χ1) is 4.77. The van der Waals surface area contributed by atoms with Crippen molar-refractivity contribution in [3.8, 4) is 0 Å². The van der Waals surface area contributed by atoms with Crippen molar-refractivity contribution in [3.05, 3.63) is 22.2 Å². The molecule has 0 aliphatic heterocycles. The summed E-state index contributed by atoms with van der Waals surface area (Å²) in [6.45, 7) is 1.87. The van der Waals surface area contributed by atoms with Gasteiger partial charge in [-0.15, -0.1) is 0 Å². The molecule has 2 heterocycles. The summed E-state index contributed by atoms with van der Waals surface area (Å²) in [5.41, 5.74) is 1.32. The van der Waals surface area contributed by atoms with Crippen molar-refractivity contribution in [1.29, 1.82) is 0 Å². The predicted octanol–water partition coefficient (Wildman–Crippen LogP) is -0.341. The largest absolute Gasteiger partial charge is 0.362 e. The minimum absolute atomic E-state index is 0.233. The van der Waals surface area contributed by atoms with Crippen molar-refractivity contribution in [1.82, 2.24) is 19.8 Å². The normalized spacial score (nSPS) is 10.9. The molecule has 0 aliphatic rings. The summed E-state index contributed by atoms with van der Waals surface area (Å²) < 4.78 is 1.36. The van der Waals surface area contributed by atoms with Crippen LogP contribution in [-0.4, -0.2) is 19.8 Å². The SMILES string of the molecule is Cc1cc2n[nH]c(=O)n2[nH]1. The summed E-state index contributed by atoms with van der Waals surface area (Å²) in [6, 6.07) is 1.79. The van der Waals surface area contributed by atoms with Crippen molar-refractivity contribution in [2.45, 2.75) is 6.92 Å². The summed E-state index contributed by atoms with van der Waals surface area (Å²) in [5, 5.41) is 8.86. The first-order valence-electron chi connectivity index (χ1n) is 2.90. The van der Waals surface area contributed by atoms with Gasteiger partial charge >= 0.3 is 5.69 Å². The van der Waals surface area contributed by atoms with E-state index in [1.807, 2.05) is 6.92 Å². The topological polar surface area (TPSA) is 65.9 Å². The Kier molecular flexibility index (Phi) is 0.791. The Morgan fingerprint density at radius 3 is 3.20 bits per heavy atom. The molecule has 5 nitrogen and oxygen atoms in total. The Labute approximate surface area is 55.7 Å². The van der Waals surface area contributed by atoms with E-state index in [9.17, 15) is 4.79 Å². The molecule has 0 aromatic carbocycles. The number of H-pyrrole nitrogens is 2. The average Bonchev–Trinajstić information content (AvgIpc) is 2.35. The number of hydrogen-bond acceptors (Lipinski definition) is 2. The van der Waals surface area contributed by atoms with Gasteiger partial charge in [-0.25, -0.2) is 9.89 Å². The van der Waals surface area contributed by atoms with Crippen LogP contribution in [0, 0.1) is 6.92 Å². The minimum Gasteiger partial charge on any atom is -0.293 e. The van der Waals surface area contributed by atoms with Gasteiger partial charge in [0.2, 0.25) is 0 Å². The fraction of sp³-hybridized carbons (Fsp3) is 0.200. The average molecular weight is 138 g/mol. The van der Waals surface area contributed by atoms with Gasteiger partial charge in [0.05, 0.1) is 0 Å². The Morgan fingerprint density at radius 1 is 1.70 bits per heavy atom. The molecule has 5 heteroatoms. The smallest absolute Gasteiger partial charge is 0.293 e. The Balaban J connectivity index is 3.03. The number of fused-ring (bicyclic) bond motifs is 1. The maximum absolute atomic E-state index is 10.8. The highest BCUT2D eigenvalue weighted by Gasteiger charge is 1.99. The third-order valence-electron chi connectivity index (χ3n) is 1.33. The van der Waals surface area contributed by atoms with Gasteiger partial charge in [-0.05, 0) is 6.92 Å². The van der Waals surface area contributed by atoms with E-state index in [1.165, 1.54) is 4.52 Å². The number of aromatic amines is 2. The summed E-state index contributed by atoms with van der Waals surface area (Å²) in [5.74, 6) is 0. The standard InChI is InChI=1S/C5H6N4O/c1-3-2-4-6-7-5(10)9(4)8-3/h2,8H,1H3,(H,7,10). The number of nitrogens with one attached hydrogen (secondary N) is 2. The minimum atomic E-state index is -0.233. The van der Waals surface area contributed by atoms with Crippen molar-refractivity contribution in [2.75, 3.05) is 0 Å². The fourth-order valence-electron chi connectivity index (χ4n) is 0.916. The highest BCUT2D eigenvalue weighted by atomic mass is 16.2. The van der Waals surface area contributed by atoms with E-state index in [0.717, 1.165) is 5.69 Å². The first-order valence-corrected chi connectivity index (χ1v) is 2.90. The van der Waals surface area contributed by atoms with Crippen LogP contribution in [0.3, 0.4) is 0 Å². The van der Waals surface area contributed by atoms with Crippen LogP contribution in [0.15, 0.2) is 10.9 Å². The van der Waals surface area contributed by atoms with Gasteiger partial charge in [-0.3, -0.25) is 5.10 Å². The summed E-state index contributed by atoms with van der Waals surface area (Å²) in [7, 11) is 0. The lowest BCUT2D eigenvalue weighted by Crippen LogP contribution is -2.09. The van der Waals surface area contributed by atoms with Gasteiger partial charge in [0.15, 0.2) is 5.65 Å². The van der Waals surface area contributed by atoms with Crippen molar-refractivity contribution >= 4 is 5.65 Å². The van der Waals surface area contributed by atoms with Crippen molar-refractivity contribution < 1.29 is 0 Å². The molecule has 10 heavy (non-hydrogen) atoms.